The summed E-state index contributed by atoms with van der Waals surface area (Å²) in [6.45, 7) is 0. The Bertz CT molecular complexity index is 727. The maximum atomic E-state index is 2.39. The molecule has 0 radical (unpaired) electrons. The zero-order valence-corrected chi connectivity index (χ0v) is 14.2. The Labute approximate surface area is 145 Å². The van der Waals surface area contributed by atoms with Crippen LogP contribution in [0, 0.1) is 0 Å². The number of hydrogen-bond acceptors (Lipinski definition) is 0. The standard InChI is InChI=1S/C24H24/c1-2-23-16-14-21-10-6-19(7-11-21)4-5-20-8-12-22(13-9-20)15-17-24(3-1)18-23/h1-3,6-13,18H,4-5,14-17H2. The smallest absolute Gasteiger partial charge is 0.0238 e. The Morgan fingerprint density at radius 1 is 0.333 bits per heavy atom. The van der Waals surface area contributed by atoms with Crippen molar-refractivity contribution in [1.29, 1.82) is 0 Å². The van der Waals surface area contributed by atoms with Crippen LogP contribution in [0.15, 0.2) is 72.8 Å². The van der Waals surface area contributed by atoms with E-state index in [0.717, 1.165) is 38.5 Å². The summed E-state index contributed by atoms with van der Waals surface area (Å²) in [6.07, 6.45) is 6.76. The van der Waals surface area contributed by atoms with Crippen LogP contribution < -0.4 is 0 Å². The van der Waals surface area contributed by atoms with Gasteiger partial charge in [-0.05, 0) is 71.9 Å². The summed E-state index contributed by atoms with van der Waals surface area (Å²) in [6, 6.07) is 27.6. The minimum absolute atomic E-state index is 1.13. The lowest BCUT2D eigenvalue weighted by Gasteiger charge is -2.07. The molecule has 3 aromatic carbocycles. The van der Waals surface area contributed by atoms with Crippen molar-refractivity contribution in [3.63, 3.8) is 0 Å². The monoisotopic (exact) mass is 312 g/mol. The van der Waals surface area contributed by atoms with Gasteiger partial charge in [-0.1, -0.05) is 72.8 Å². The van der Waals surface area contributed by atoms with Gasteiger partial charge >= 0.3 is 0 Å². The third kappa shape index (κ3) is 3.76. The first-order valence-electron chi connectivity index (χ1n) is 9.09. The zero-order chi connectivity index (χ0) is 16.2. The molecule has 0 atom stereocenters. The van der Waals surface area contributed by atoms with Crippen LogP contribution in [0.5, 0.6) is 0 Å². The van der Waals surface area contributed by atoms with Crippen molar-refractivity contribution in [1.82, 2.24) is 0 Å². The average molecular weight is 312 g/mol. The molecule has 120 valence electrons. The van der Waals surface area contributed by atoms with Crippen LogP contribution in [0.2, 0.25) is 0 Å². The maximum Gasteiger partial charge on any atom is -0.0238 e. The average Bonchev–Trinajstić information content (AvgIpc) is 2.65. The van der Waals surface area contributed by atoms with Gasteiger partial charge in [0.1, 0.15) is 0 Å². The van der Waals surface area contributed by atoms with Crippen LogP contribution >= 0.6 is 0 Å². The van der Waals surface area contributed by atoms with Crippen LogP contribution in [0.25, 0.3) is 0 Å². The van der Waals surface area contributed by atoms with E-state index in [4.69, 9.17) is 0 Å². The van der Waals surface area contributed by atoms with Gasteiger partial charge in [-0.15, -0.1) is 0 Å². The van der Waals surface area contributed by atoms with Crippen molar-refractivity contribution in [3.05, 3.63) is 106 Å². The SMILES string of the molecule is c1cc2cc(c1)CCc1ccc(cc1)CCc1ccc(cc1)CC2. The van der Waals surface area contributed by atoms with Gasteiger partial charge < -0.3 is 0 Å². The molecule has 0 amide bonds. The van der Waals surface area contributed by atoms with Gasteiger partial charge in [-0.25, -0.2) is 0 Å². The third-order valence-electron chi connectivity index (χ3n) is 5.14. The van der Waals surface area contributed by atoms with Crippen LogP contribution in [0.3, 0.4) is 0 Å². The number of aryl methyl sites for hydroxylation is 6. The van der Waals surface area contributed by atoms with E-state index in [1.807, 2.05) is 0 Å². The number of fused-ring (bicyclic) bond motifs is 2. The van der Waals surface area contributed by atoms with E-state index in [-0.39, 0.29) is 0 Å². The van der Waals surface area contributed by atoms with Crippen LogP contribution in [-0.4, -0.2) is 0 Å². The number of rotatable bonds is 0. The summed E-state index contributed by atoms with van der Waals surface area (Å²) in [7, 11) is 0. The molecule has 0 spiro atoms. The second-order valence-corrected chi connectivity index (χ2v) is 6.95. The Balaban J connectivity index is 1.64. The van der Waals surface area contributed by atoms with Crippen molar-refractivity contribution in [2.24, 2.45) is 0 Å². The van der Waals surface area contributed by atoms with Crippen molar-refractivity contribution < 1.29 is 0 Å². The van der Waals surface area contributed by atoms with Gasteiger partial charge in [0, 0.05) is 0 Å². The molecule has 6 bridgehead atoms. The Kier molecular flexibility index (Phi) is 4.46. The molecular weight excluding hydrogens is 288 g/mol. The zero-order valence-electron chi connectivity index (χ0n) is 14.2. The summed E-state index contributed by atoms with van der Waals surface area (Å²) in [5.41, 5.74) is 8.67. The van der Waals surface area contributed by atoms with E-state index in [2.05, 4.69) is 72.8 Å². The van der Waals surface area contributed by atoms with E-state index in [0.29, 0.717) is 0 Å². The molecule has 3 aliphatic rings. The molecule has 0 fully saturated rings. The quantitative estimate of drug-likeness (QED) is 0.524. The molecule has 3 aromatic rings. The first-order valence-corrected chi connectivity index (χ1v) is 9.09. The topological polar surface area (TPSA) is 0 Å². The van der Waals surface area contributed by atoms with Gasteiger partial charge in [0.05, 0.1) is 0 Å². The van der Waals surface area contributed by atoms with Crippen molar-refractivity contribution in [3.8, 4) is 0 Å². The minimum atomic E-state index is 1.13. The van der Waals surface area contributed by atoms with Gasteiger partial charge in [-0.2, -0.15) is 0 Å². The molecule has 0 aliphatic heterocycles. The van der Waals surface area contributed by atoms with Crippen molar-refractivity contribution in [2.45, 2.75) is 38.5 Å². The van der Waals surface area contributed by atoms with Crippen molar-refractivity contribution in [2.75, 3.05) is 0 Å². The van der Waals surface area contributed by atoms with Gasteiger partial charge in [-0.3, -0.25) is 0 Å². The van der Waals surface area contributed by atoms with Gasteiger partial charge in [0.15, 0.2) is 0 Å². The minimum Gasteiger partial charge on any atom is -0.0617 e. The van der Waals surface area contributed by atoms with E-state index >= 15 is 0 Å². The van der Waals surface area contributed by atoms with Gasteiger partial charge in [0.2, 0.25) is 0 Å². The molecule has 6 rings (SSSR count). The molecule has 0 nitrogen and oxygen atoms in total. The number of benzene rings is 3. The summed E-state index contributed by atoms with van der Waals surface area (Å²) in [5.74, 6) is 0. The van der Waals surface area contributed by atoms with E-state index in [9.17, 15) is 0 Å². The Morgan fingerprint density at radius 3 is 0.958 bits per heavy atom. The van der Waals surface area contributed by atoms with E-state index < -0.39 is 0 Å². The van der Waals surface area contributed by atoms with E-state index in [1.165, 1.54) is 33.4 Å². The largest absolute Gasteiger partial charge is 0.0617 e. The molecule has 0 N–H and O–H groups in total. The van der Waals surface area contributed by atoms with Crippen LogP contribution in [0.4, 0.5) is 0 Å². The molecule has 3 aliphatic carbocycles. The number of hydrogen-bond donors (Lipinski definition) is 0. The second-order valence-electron chi connectivity index (χ2n) is 6.95. The summed E-state index contributed by atoms with van der Waals surface area (Å²) in [4.78, 5) is 0. The predicted molar refractivity (Wildman–Crippen MR) is 102 cm³/mol. The lowest BCUT2D eigenvalue weighted by molar-refractivity contribution is 0.930. The van der Waals surface area contributed by atoms with E-state index in [1.54, 1.807) is 0 Å². The first kappa shape index (κ1) is 15.2. The lowest BCUT2D eigenvalue weighted by atomic mass is 9.99. The fourth-order valence-electron chi connectivity index (χ4n) is 3.55. The molecule has 0 heteroatoms. The Morgan fingerprint density at radius 2 is 0.625 bits per heavy atom. The highest BCUT2D eigenvalue weighted by Gasteiger charge is 2.03. The lowest BCUT2D eigenvalue weighted by Crippen LogP contribution is -1.95. The van der Waals surface area contributed by atoms with Crippen LogP contribution in [0.1, 0.15) is 33.4 Å². The highest BCUT2D eigenvalue weighted by atomic mass is 14.1. The highest BCUT2D eigenvalue weighted by molar-refractivity contribution is 5.30. The van der Waals surface area contributed by atoms with Crippen LogP contribution in [-0.2, 0) is 38.5 Å². The molecule has 0 aromatic heterocycles. The third-order valence-corrected chi connectivity index (χ3v) is 5.14. The molecule has 0 heterocycles. The second kappa shape index (κ2) is 7.05. The fourth-order valence-corrected chi connectivity index (χ4v) is 3.55. The molecule has 24 heavy (non-hydrogen) atoms. The normalized spacial score (nSPS) is 14.5. The summed E-state index contributed by atoms with van der Waals surface area (Å²) >= 11 is 0. The molecule has 0 unspecified atom stereocenters. The Hall–Kier alpha value is -2.34. The summed E-state index contributed by atoms with van der Waals surface area (Å²) < 4.78 is 0. The van der Waals surface area contributed by atoms with Gasteiger partial charge in [0.25, 0.3) is 0 Å². The molecular formula is C24H24. The summed E-state index contributed by atoms with van der Waals surface area (Å²) in [5, 5.41) is 0. The maximum absolute atomic E-state index is 2.39. The highest BCUT2D eigenvalue weighted by Crippen LogP contribution is 2.16. The first-order chi connectivity index (χ1) is 11.8. The predicted octanol–water partition coefficient (Wildman–Crippen LogP) is 5.36. The fraction of sp³-hybridized carbons (Fsp3) is 0.250. The molecule has 0 saturated carbocycles. The van der Waals surface area contributed by atoms with Crippen molar-refractivity contribution >= 4 is 0 Å². The molecule has 0 saturated heterocycles.